The normalized spacial score (nSPS) is 13.8. The predicted molar refractivity (Wildman–Crippen MR) is 84.3 cm³/mol. The van der Waals surface area contributed by atoms with E-state index in [9.17, 15) is 4.39 Å². The van der Waals surface area contributed by atoms with E-state index in [0.29, 0.717) is 17.2 Å². The van der Waals surface area contributed by atoms with Crippen LogP contribution in [0.2, 0.25) is 5.15 Å². The van der Waals surface area contributed by atoms with Crippen LogP contribution in [0.1, 0.15) is 24.5 Å². The molecule has 0 bridgehead atoms. The fourth-order valence-corrected chi connectivity index (χ4v) is 2.57. The number of aromatic nitrogens is 5. The number of benzene rings is 1. The molecule has 1 aliphatic rings. The first-order valence-corrected chi connectivity index (χ1v) is 7.71. The third-order valence-electron chi connectivity index (χ3n) is 3.69. The molecule has 4 rings (SSSR count). The minimum Gasteiger partial charge on any atom is -0.435 e. The first-order valence-electron chi connectivity index (χ1n) is 7.33. The number of nitrogens with zero attached hydrogens (tertiary/aromatic N) is 5. The Morgan fingerprint density at radius 2 is 2.00 bits per heavy atom. The van der Waals surface area contributed by atoms with Gasteiger partial charge in [0, 0.05) is 23.2 Å². The van der Waals surface area contributed by atoms with Crippen molar-refractivity contribution in [2.24, 2.45) is 0 Å². The van der Waals surface area contributed by atoms with Crippen LogP contribution in [0, 0.1) is 5.82 Å². The third-order valence-corrected chi connectivity index (χ3v) is 3.95. The highest BCUT2D eigenvalue weighted by Crippen LogP contribution is 2.45. The number of hydrogen-bond acceptors (Lipinski definition) is 6. The minimum atomic E-state index is -0.383. The number of hydrogen-bond donors (Lipinski definition) is 0. The molecule has 0 amide bonds. The van der Waals surface area contributed by atoms with Gasteiger partial charge >= 0.3 is 0 Å². The van der Waals surface area contributed by atoms with E-state index in [0.717, 1.165) is 24.1 Å². The molecule has 3 aromatic rings. The topological polar surface area (TPSA) is 73.7 Å². The van der Waals surface area contributed by atoms with Crippen LogP contribution in [-0.2, 0) is 0 Å². The monoisotopic (exact) mass is 343 g/mol. The lowest BCUT2D eigenvalue weighted by Gasteiger charge is -2.13. The molecule has 0 spiro atoms. The van der Waals surface area contributed by atoms with Gasteiger partial charge in [-0.3, -0.25) is 0 Å². The summed E-state index contributed by atoms with van der Waals surface area (Å²) in [7, 11) is 0. The lowest BCUT2D eigenvalue weighted by Crippen LogP contribution is -1.98. The van der Waals surface area contributed by atoms with Gasteiger partial charge in [-0.1, -0.05) is 11.6 Å². The molecule has 0 aliphatic heterocycles. The molecule has 8 heteroatoms. The average Bonchev–Trinajstić information content (AvgIpc) is 3.43. The van der Waals surface area contributed by atoms with Crippen LogP contribution in [0.5, 0.6) is 11.6 Å². The minimum absolute atomic E-state index is 0.0526. The highest BCUT2D eigenvalue weighted by molar-refractivity contribution is 6.30. The fourth-order valence-electron chi connectivity index (χ4n) is 2.45. The van der Waals surface area contributed by atoms with Gasteiger partial charge in [-0.25, -0.2) is 19.3 Å². The van der Waals surface area contributed by atoms with E-state index in [1.165, 1.54) is 30.9 Å². The molecule has 2 heterocycles. The molecule has 0 N–H and O–H groups in total. The molecular formula is C16H11ClFN5O. The van der Waals surface area contributed by atoms with Crippen molar-refractivity contribution in [1.29, 1.82) is 0 Å². The van der Waals surface area contributed by atoms with Gasteiger partial charge < -0.3 is 4.74 Å². The summed E-state index contributed by atoms with van der Waals surface area (Å²) in [4.78, 5) is 12.2. The van der Waals surface area contributed by atoms with E-state index in [1.807, 2.05) is 0 Å². The maximum Gasteiger partial charge on any atom is 0.277 e. The second-order valence-corrected chi connectivity index (χ2v) is 5.75. The van der Waals surface area contributed by atoms with Crippen molar-refractivity contribution in [3.05, 3.63) is 53.7 Å². The molecule has 2 aromatic heterocycles. The smallest absolute Gasteiger partial charge is 0.277 e. The summed E-state index contributed by atoms with van der Waals surface area (Å²) >= 11 is 5.96. The molecule has 1 aromatic carbocycles. The van der Waals surface area contributed by atoms with Gasteiger partial charge in [0.2, 0.25) is 0 Å². The maximum absolute atomic E-state index is 13.8. The second kappa shape index (κ2) is 6.09. The van der Waals surface area contributed by atoms with Crippen molar-refractivity contribution in [2.45, 2.75) is 18.8 Å². The van der Waals surface area contributed by atoms with Gasteiger partial charge in [0.25, 0.3) is 5.88 Å². The molecule has 0 atom stereocenters. The molecule has 0 unspecified atom stereocenters. The highest BCUT2D eigenvalue weighted by Gasteiger charge is 2.29. The van der Waals surface area contributed by atoms with Crippen LogP contribution in [0.4, 0.5) is 4.39 Å². The van der Waals surface area contributed by atoms with Gasteiger partial charge in [-0.15, -0.1) is 10.2 Å². The third kappa shape index (κ3) is 2.90. The van der Waals surface area contributed by atoms with Gasteiger partial charge in [0.1, 0.15) is 24.2 Å². The first-order chi connectivity index (χ1) is 11.7. The molecule has 120 valence electrons. The van der Waals surface area contributed by atoms with Gasteiger partial charge in [-0.2, -0.15) is 0 Å². The van der Waals surface area contributed by atoms with Crippen LogP contribution in [0.25, 0.3) is 11.1 Å². The van der Waals surface area contributed by atoms with E-state index in [-0.39, 0.29) is 16.9 Å². The summed E-state index contributed by atoms with van der Waals surface area (Å²) in [6.45, 7) is 0. The molecule has 1 fully saturated rings. The molecule has 0 radical (unpaired) electrons. The largest absolute Gasteiger partial charge is 0.435 e. The van der Waals surface area contributed by atoms with Crippen molar-refractivity contribution in [2.75, 3.05) is 0 Å². The van der Waals surface area contributed by atoms with Crippen LogP contribution in [-0.4, -0.2) is 25.1 Å². The quantitative estimate of drug-likeness (QED) is 0.717. The molecule has 1 aliphatic carbocycles. The van der Waals surface area contributed by atoms with Gasteiger partial charge in [-0.05, 0) is 31.0 Å². The Morgan fingerprint density at radius 1 is 1.12 bits per heavy atom. The van der Waals surface area contributed by atoms with E-state index in [2.05, 4.69) is 25.1 Å². The Balaban J connectivity index is 1.81. The zero-order chi connectivity index (χ0) is 16.5. The molecule has 6 nitrogen and oxygen atoms in total. The number of rotatable bonds is 4. The summed E-state index contributed by atoms with van der Waals surface area (Å²) in [6.07, 6.45) is 6.51. The first kappa shape index (κ1) is 14.9. The SMILES string of the molecule is Fc1ccc(Oc2nncnc2Cl)c(-c2cncnc2C2CC2)c1. The molecular weight excluding hydrogens is 333 g/mol. The van der Waals surface area contributed by atoms with E-state index in [1.54, 1.807) is 6.20 Å². The Morgan fingerprint density at radius 3 is 2.79 bits per heavy atom. The summed E-state index contributed by atoms with van der Waals surface area (Å²) in [5.41, 5.74) is 2.17. The van der Waals surface area contributed by atoms with Crippen molar-refractivity contribution in [1.82, 2.24) is 25.1 Å². The van der Waals surface area contributed by atoms with Crippen LogP contribution >= 0.6 is 11.6 Å². The zero-order valence-electron chi connectivity index (χ0n) is 12.4. The van der Waals surface area contributed by atoms with Gasteiger partial charge in [0.15, 0.2) is 5.15 Å². The summed E-state index contributed by atoms with van der Waals surface area (Å²) in [5.74, 6) is 0.432. The van der Waals surface area contributed by atoms with E-state index >= 15 is 0 Å². The molecule has 1 saturated carbocycles. The van der Waals surface area contributed by atoms with Crippen molar-refractivity contribution < 1.29 is 9.13 Å². The number of ether oxygens (including phenoxy) is 1. The van der Waals surface area contributed by atoms with Gasteiger partial charge in [0.05, 0.1) is 5.69 Å². The van der Waals surface area contributed by atoms with Crippen LogP contribution in [0.15, 0.2) is 37.1 Å². The Kier molecular flexibility index (Phi) is 3.78. The highest BCUT2D eigenvalue weighted by atomic mass is 35.5. The summed E-state index contributed by atoms with van der Waals surface area (Å²) < 4.78 is 19.6. The molecule has 0 saturated heterocycles. The van der Waals surface area contributed by atoms with Crippen molar-refractivity contribution in [3.8, 4) is 22.8 Å². The van der Waals surface area contributed by atoms with E-state index < -0.39 is 0 Å². The average molecular weight is 344 g/mol. The van der Waals surface area contributed by atoms with Crippen LogP contribution < -0.4 is 4.74 Å². The maximum atomic E-state index is 13.8. The lowest BCUT2D eigenvalue weighted by molar-refractivity contribution is 0.452. The Bertz CT molecular complexity index is 903. The van der Waals surface area contributed by atoms with Crippen LogP contribution in [0.3, 0.4) is 0 Å². The zero-order valence-corrected chi connectivity index (χ0v) is 13.1. The summed E-state index contributed by atoms with van der Waals surface area (Å²) in [6, 6.07) is 4.20. The standard InChI is InChI=1S/C16H11ClFN5O/c17-15-16(23-22-8-21-15)24-13-4-3-10(18)5-11(13)12-6-19-7-20-14(12)9-1-2-9/h3-9H,1-2H2. The van der Waals surface area contributed by atoms with E-state index in [4.69, 9.17) is 16.3 Å². The lowest BCUT2D eigenvalue weighted by atomic mass is 10.0. The summed E-state index contributed by atoms with van der Waals surface area (Å²) in [5, 5.41) is 7.53. The predicted octanol–water partition coefficient (Wildman–Crippen LogP) is 3.79. The second-order valence-electron chi connectivity index (χ2n) is 5.39. The molecule has 24 heavy (non-hydrogen) atoms. The Hall–Kier alpha value is -2.67. The number of halogens is 2. The Labute approximate surface area is 141 Å². The van der Waals surface area contributed by atoms with Crippen molar-refractivity contribution in [3.63, 3.8) is 0 Å². The fraction of sp³-hybridized carbons (Fsp3) is 0.188. The van der Waals surface area contributed by atoms with Crippen molar-refractivity contribution >= 4 is 11.6 Å².